The largest absolute Gasteiger partial charge is 0.325 e. The number of thiazole rings is 1. The standard InChI is InChI=1S/C19H26N4OS/c1-14-4-5-15(2)18(10-14)21-19(24)12-23-8-6-22(7-9-23)11-17-13-25-16(3)20-17/h4-5,10,13H,6-9,11-12H2,1-3H3,(H,21,24). The van der Waals surface area contributed by atoms with Gasteiger partial charge in [-0.25, -0.2) is 4.98 Å². The summed E-state index contributed by atoms with van der Waals surface area (Å²) in [4.78, 5) is 21.5. The van der Waals surface area contributed by atoms with Crippen molar-refractivity contribution in [2.45, 2.75) is 27.3 Å². The van der Waals surface area contributed by atoms with Crippen molar-refractivity contribution in [1.82, 2.24) is 14.8 Å². The molecule has 1 N–H and O–H groups in total. The fraction of sp³-hybridized carbons (Fsp3) is 0.474. The third-order valence-corrected chi connectivity index (χ3v) is 5.37. The minimum absolute atomic E-state index is 0.0669. The summed E-state index contributed by atoms with van der Waals surface area (Å²) in [7, 11) is 0. The lowest BCUT2D eigenvalue weighted by molar-refractivity contribution is -0.117. The van der Waals surface area contributed by atoms with E-state index in [2.05, 4.69) is 31.5 Å². The second-order valence-electron chi connectivity index (χ2n) is 6.78. The molecule has 3 rings (SSSR count). The van der Waals surface area contributed by atoms with Crippen molar-refractivity contribution in [2.24, 2.45) is 0 Å². The molecule has 0 bridgehead atoms. The van der Waals surface area contributed by atoms with Gasteiger partial charge in [0.1, 0.15) is 0 Å². The molecule has 1 fully saturated rings. The van der Waals surface area contributed by atoms with Crippen LogP contribution in [-0.2, 0) is 11.3 Å². The summed E-state index contributed by atoms with van der Waals surface area (Å²) in [6.45, 7) is 11.3. The summed E-state index contributed by atoms with van der Waals surface area (Å²) in [5.74, 6) is 0.0669. The summed E-state index contributed by atoms with van der Waals surface area (Å²) < 4.78 is 0. The lowest BCUT2D eigenvalue weighted by Crippen LogP contribution is -2.48. The molecule has 0 aliphatic carbocycles. The molecule has 0 spiro atoms. The van der Waals surface area contributed by atoms with Gasteiger partial charge in [0.15, 0.2) is 0 Å². The van der Waals surface area contributed by atoms with Gasteiger partial charge in [-0.3, -0.25) is 14.6 Å². The Morgan fingerprint density at radius 3 is 2.56 bits per heavy atom. The second-order valence-corrected chi connectivity index (χ2v) is 7.84. The molecule has 2 heterocycles. The van der Waals surface area contributed by atoms with Crippen LogP contribution in [-0.4, -0.2) is 53.4 Å². The topological polar surface area (TPSA) is 48.5 Å². The normalized spacial score (nSPS) is 16.1. The zero-order valence-corrected chi connectivity index (χ0v) is 16.0. The van der Waals surface area contributed by atoms with Crippen LogP contribution in [0.15, 0.2) is 23.6 Å². The Hall–Kier alpha value is -1.76. The number of hydrogen-bond acceptors (Lipinski definition) is 5. The maximum atomic E-state index is 12.3. The number of aryl methyl sites for hydroxylation is 3. The molecule has 1 aromatic heterocycles. The molecule has 0 unspecified atom stereocenters. The zero-order valence-electron chi connectivity index (χ0n) is 15.2. The lowest BCUT2D eigenvalue weighted by atomic mass is 10.1. The quantitative estimate of drug-likeness (QED) is 0.893. The van der Waals surface area contributed by atoms with E-state index in [0.29, 0.717) is 6.54 Å². The van der Waals surface area contributed by atoms with Gasteiger partial charge >= 0.3 is 0 Å². The molecular weight excluding hydrogens is 332 g/mol. The van der Waals surface area contributed by atoms with Crippen LogP contribution in [0.2, 0.25) is 0 Å². The van der Waals surface area contributed by atoms with Crippen molar-refractivity contribution >= 4 is 22.9 Å². The molecule has 0 saturated carbocycles. The molecule has 1 aliphatic heterocycles. The molecular formula is C19H26N4OS. The van der Waals surface area contributed by atoms with E-state index in [4.69, 9.17) is 0 Å². The summed E-state index contributed by atoms with van der Waals surface area (Å²) in [6.07, 6.45) is 0. The fourth-order valence-electron chi connectivity index (χ4n) is 3.08. The number of aromatic nitrogens is 1. The van der Waals surface area contributed by atoms with Crippen LogP contribution in [0.1, 0.15) is 21.8 Å². The second kappa shape index (κ2) is 8.08. The van der Waals surface area contributed by atoms with Crippen LogP contribution in [0, 0.1) is 20.8 Å². The Kier molecular flexibility index (Phi) is 5.83. The van der Waals surface area contributed by atoms with Gasteiger partial charge in [0.05, 0.1) is 17.2 Å². The van der Waals surface area contributed by atoms with Crippen molar-refractivity contribution in [2.75, 3.05) is 38.0 Å². The maximum Gasteiger partial charge on any atom is 0.238 e. The van der Waals surface area contributed by atoms with E-state index >= 15 is 0 Å². The molecule has 5 nitrogen and oxygen atoms in total. The summed E-state index contributed by atoms with van der Waals surface area (Å²) in [6, 6.07) is 6.14. The molecule has 2 aromatic rings. The Balaban J connectivity index is 1.45. The Labute approximate surface area is 153 Å². The van der Waals surface area contributed by atoms with Gasteiger partial charge in [-0.05, 0) is 38.0 Å². The van der Waals surface area contributed by atoms with E-state index in [0.717, 1.165) is 60.2 Å². The molecule has 6 heteroatoms. The number of rotatable bonds is 5. The van der Waals surface area contributed by atoms with Crippen molar-refractivity contribution < 1.29 is 4.79 Å². The zero-order chi connectivity index (χ0) is 17.8. The third kappa shape index (κ3) is 5.11. The van der Waals surface area contributed by atoms with Crippen LogP contribution >= 0.6 is 11.3 Å². The average Bonchev–Trinajstić information content (AvgIpc) is 2.98. The van der Waals surface area contributed by atoms with Crippen LogP contribution in [0.25, 0.3) is 0 Å². The predicted molar refractivity (Wildman–Crippen MR) is 103 cm³/mol. The van der Waals surface area contributed by atoms with E-state index in [-0.39, 0.29) is 5.91 Å². The van der Waals surface area contributed by atoms with E-state index < -0.39 is 0 Å². The van der Waals surface area contributed by atoms with Crippen LogP contribution in [0.3, 0.4) is 0 Å². The van der Waals surface area contributed by atoms with E-state index in [9.17, 15) is 4.79 Å². The molecule has 1 aliphatic rings. The number of piperazine rings is 1. The van der Waals surface area contributed by atoms with Crippen molar-refractivity contribution in [3.8, 4) is 0 Å². The van der Waals surface area contributed by atoms with Crippen molar-refractivity contribution in [3.05, 3.63) is 45.4 Å². The molecule has 0 radical (unpaired) electrons. The van der Waals surface area contributed by atoms with Gasteiger partial charge < -0.3 is 5.32 Å². The van der Waals surface area contributed by atoms with E-state index in [1.807, 2.05) is 32.9 Å². The van der Waals surface area contributed by atoms with Gasteiger partial charge in [-0.1, -0.05) is 12.1 Å². The number of carbonyl (C=O) groups is 1. The highest BCUT2D eigenvalue weighted by Crippen LogP contribution is 2.16. The minimum Gasteiger partial charge on any atom is -0.325 e. The molecule has 0 atom stereocenters. The fourth-order valence-corrected chi connectivity index (χ4v) is 3.68. The van der Waals surface area contributed by atoms with E-state index in [1.54, 1.807) is 11.3 Å². The highest BCUT2D eigenvalue weighted by Gasteiger charge is 2.19. The molecule has 134 valence electrons. The van der Waals surface area contributed by atoms with Crippen LogP contribution < -0.4 is 5.32 Å². The number of anilines is 1. The van der Waals surface area contributed by atoms with Gasteiger partial charge in [0, 0.05) is 43.8 Å². The first kappa shape index (κ1) is 18.0. The number of carbonyl (C=O) groups excluding carboxylic acids is 1. The van der Waals surface area contributed by atoms with E-state index in [1.165, 1.54) is 0 Å². The average molecular weight is 359 g/mol. The monoisotopic (exact) mass is 358 g/mol. The summed E-state index contributed by atoms with van der Waals surface area (Å²) in [5.41, 5.74) is 4.33. The lowest BCUT2D eigenvalue weighted by Gasteiger charge is -2.33. The predicted octanol–water partition coefficient (Wildman–Crippen LogP) is 2.82. The molecule has 25 heavy (non-hydrogen) atoms. The van der Waals surface area contributed by atoms with Gasteiger partial charge in [-0.15, -0.1) is 11.3 Å². The molecule has 1 aromatic carbocycles. The summed E-state index contributed by atoms with van der Waals surface area (Å²) >= 11 is 1.70. The minimum atomic E-state index is 0.0669. The van der Waals surface area contributed by atoms with Gasteiger partial charge in [0.2, 0.25) is 5.91 Å². The highest BCUT2D eigenvalue weighted by molar-refractivity contribution is 7.09. The first-order valence-electron chi connectivity index (χ1n) is 8.72. The first-order valence-corrected chi connectivity index (χ1v) is 9.60. The van der Waals surface area contributed by atoms with Crippen molar-refractivity contribution in [3.63, 3.8) is 0 Å². The van der Waals surface area contributed by atoms with Crippen LogP contribution in [0.5, 0.6) is 0 Å². The van der Waals surface area contributed by atoms with Crippen molar-refractivity contribution in [1.29, 1.82) is 0 Å². The first-order chi connectivity index (χ1) is 12.0. The number of nitrogens with zero attached hydrogens (tertiary/aromatic N) is 3. The number of amides is 1. The number of hydrogen-bond donors (Lipinski definition) is 1. The number of nitrogens with one attached hydrogen (secondary N) is 1. The maximum absolute atomic E-state index is 12.3. The molecule has 1 amide bonds. The Bertz CT molecular complexity index is 735. The summed E-state index contributed by atoms with van der Waals surface area (Å²) in [5, 5.41) is 6.31. The van der Waals surface area contributed by atoms with Gasteiger partial charge in [0.25, 0.3) is 0 Å². The van der Waals surface area contributed by atoms with Gasteiger partial charge in [-0.2, -0.15) is 0 Å². The number of benzene rings is 1. The SMILES string of the molecule is Cc1ccc(C)c(NC(=O)CN2CCN(Cc3csc(C)n3)CC2)c1. The Morgan fingerprint density at radius 1 is 1.16 bits per heavy atom. The molecule has 1 saturated heterocycles. The Morgan fingerprint density at radius 2 is 1.88 bits per heavy atom. The highest BCUT2D eigenvalue weighted by atomic mass is 32.1. The van der Waals surface area contributed by atoms with Crippen LogP contribution in [0.4, 0.5) is 5.69 Å². The smallest absolute Gasteiger partial charge is 0.238 e. The third-order valence-electron chi connectivity index (χ3n) is 4.55.